The molecule has 0 radical (unpaired) electrons. The summed E-state index contributed by atoms with van der Waals surface area (Å²) in [4.78, 5) is 14.5. The monoisotopic (exact) mass is 294 g/mol. The molecule has 1 aliphatic heterocycles. The van der Waals surface area contributed by atoms with Crippen molar-refractivity contribution in [2.75, 3.05) is 41.5 Å². The maximum atomic E-state index is 12.2. The molecular formula is C11H22N2O7. The minimum absolute atomic E-state index is 0.223. The van der Waals surface area contributed by atoms with Crippen LogP contribution in [0.5, 0.6) is 0 Å². The number of carbonyl (C=O) groups is 1. The summed E-state index contributed by atoms with van der Waals surface area (Å²) in [6.45, 7) is 0.445. The first-order valence-corrected chi connectivity index (χ1v) is 6.06. The second-order valence-electron chi connectivity index (χ2n) is 4.18. The number of amides is 2. The Balaban J connectivity index is 2.72. The Morgan fingerprint density at radius 2 is 1.15 bits per heavy atom. The number of ether oxygens (including phenoxy) is 4. The molecule has 0 aromatic heterocycles. The van der Waals surface area contributed by atoms with Crippen LogP contribution >= 0.6 is 0 Å². The van der Waals surface area contributed by atoms with Crippen molar-refractivity contribution in [3.63, 3.8) is 0 Å². The van der Waals surface area contributed by atoms with Crippen LogP contribution in [0.3, 0.4) is 0 Å². The van der Waals surface area contributed by atoms with Gasteiger partial charge in [0, 0.05) is 41.5 Å². The summed E-state index contributed by atoms with van der Waals surface area (Å²) in [6.07, 6.45) is -4.45. The maximum absolute atomic E-state index is 12.2. The number of rotatable bonds is 8. The summed E-state index contributed by atoms with van der Waals surface area (Å²) in [6, 6.07) is -0.553. The topological polar surface area (TPSA) is 101 Å². The van der Waals surface area contributed by atoms with E-state index in [0.717, 1.165) is 9.80 Å². The summed E-state index contributed by atoms with van der Waals surface area (Å²) < 4.78 is 19.6. The SMILES string of the molecule is COC(OC)C(O)N1CCN(C(O)C(OC)OC)C1=O. The summed E-state index contributed by atoms with van der Waals surface area (Å²) in [5.74, 6) is 0. The van der Waals surface area contributed by atoms with E-state index in [0.29, 0.717) is 0 Å². The Labute approximate surface area is 117 Å². The molecule has 0 aliphatic carbocycles. The number of hydrogen-bond donors (Lipinski definition) is 2. The first-order chi connectivity index (χ1) is 9.51. The largest absolute Gasteiger partial charge is 0.369 e. The van der Waals surface area contributed by atoms with E-state index in [1.165, 1.54) is 28.4 Å². The van der Waals surface area contributed by atoms with E-state index in [9.17, 15) is 15.0 Å². The summed E-state index contributed by atoms with van der Waals surface area (Å²) in [5.41, 5.74) is 0. The number of aliphatic hydroxyl groups excluding tert-OH is 2. The molecule has 2 N–H and O–H groups in total. The lowest BCUT2D eigenvalue weighted by Gasteiger charge is -2.31. The summed E-state index contributed by atoms with van der Waals surface area (Å²) in [7, 11) is 5.43. The van der Waals surface area contributed by atoms with Crippen LogP contribution in [-0.2, 0) is 18.9 Å². The predicted octanol–water partition coefficient (Wildman–Crippen LogP) is -1.40. The van der Waals surface area contributed by atoms with E-state index in [2.05, 4.69) is 0 Å². The second kappa shape index (κ2) is 7.72. The number of hydrogen-bond acceptors (Lipinski definition) is 7. The third kappa shape index (κ3) is 3.37. The first kappa shape index (κ1) is 17.1. The van der Waals surface area contributed by atoms with Gasteiger partial charge in [0.25, 0.3) is 0 Å². The van der Waals surface area contributed by atoms with Gasteiger partial charge in [-0.2, -0.15) is 0 Å². The molecule has 2 amide bonds. The van der Waals surface area contributed by atoms with Gasteiger partial charge in [-0.25, -0.2) is 4.79 Å². The molecule has 1 fully saturated rings. The molecule has 20 heavy (non-hydrogen) atoms. The van der Waals surface area contributed by atoms with Crippen LogP contribution in [-0.4, -0.2) is 92.6 Å². The Hall–Kier alpha value is -0.970. The molecule has 0 bridgehead atoms. The first-order valence-electron chi connectivity index (χ1n) is 6.06. The Morgan fingerprint density at radius 1 is 0.850 bits per heavy atom. The number of carbonyl (C=O) groups excluding carboxylic acids is 1. The van der Waals surface area contributed by atoms with Crippen LogP contribution in [0.2, 0.25) is 0 Å². The fourth-order valence-corrected chi connectivity index (χ4v) is 2.04. The molecule has 1 heterocycles. The molecule has 2 atom stereocenters. The zero-order chi connectivity index (χ0) is 15.3. The smallest absolute Gasteiger partial charge is 0.324 e. The van der Waals surface area contributed by atoms with E-state index in [4.69, 9.17) is 18.9 Å². The highest BCUT2D eigenvalue weighted by Gasteiger charge is 2.41. The molecule has 0 aromatic rings. The zero-order valence-corrected chi connectivity index (χ0v) is 12.1. The fraction of sp³-hybridized carbons (Fsp3) is 0.909. The maximum Gasteiger partial charge on any atom is 0.324 e. The quantitative estimate of drug-likeness (QED) is 0.531. The van der Waals surface area contributed by atoms with E-state index >= 15 is 0 Å². The van der Waals surface area contributed by atoms with Gasteiger partial charge in [0.05, 0.1) is 0 Å². The summed E-state index contributed by atoms with van der Waals surface area (Å²) >= 11 is 0. The molecule has 0 spiro atoms. The van der Waals surface area contributed by atoms with Crippen LogP contribution in [0.25, 0.3) is 0 Å². The number of methoxy groups -OCH3 is 4. The molecule has 0 aromatic carbocycles. The number of urea groups is 1. The third-order valence-corrected chi connectivity index (χ3v) is 3.13. The van der Waals surface area contributed by atoms with E-state index in [1.54, 1.807) is 0 Å². The summed E-state index contributed by atoms with van der Waals surface area (Å²) in [5, 5.41) is 20.0. The number of aliphatic hydroxyl groups is 2. The molecular weight excluding hydrogens is 272 g/mol. The van der Waals surface area contributed by atoms with E-state index in [1.807, 2.05) is 0 Å². The van der Waals surface area contributed by atoms with Crippen molar-refractivity contribution in [3.8, 4) is 0 Å². The van der Waals surface area contributed by atoms with Gasteiger partial charge in [0.15, 0.2) is 12.5 Å². The van der Waals surface area contributed by atoms with Crippen LogP contribution in [0, 0.1) is 0 Å². The van der Waals surface area contributed by atoms with Crippen molar-refractivity contribution in [3.05, 3.63) is 0 Å². The standard InChI is InChI=1S/C11H22N2O7/c1-17-9(18-2)7(14)12-5-6-13(11(12)16)8(15)10(19-3)20-4/h7-10,14-15H,5-6H2,1-4H3. The van der Waals surface area contributed by atoms with Gasteiger partial charge in [-0.05, 0) is 0 Å². The molecule has 1 rings (SSSR count). The minimum atomic E-state index is -1.27. The molecule has 9 heteroatoms. The lowest BCUT2D eigenvalue weighted by molar-refractivity contribution is -0.202. The van der Waals surface area contributed by atoms with Crippen LogP contribution in [0.1, 0.15) is 0 Å². The molecule has 2 unspecified atom stereocenters. The zero-order valence-electron chi connectivity index (χ0n) is 12.1. The lowest BCUT2D eigenvalue weighted by atomic mass is 10.4. The van der Waals surface area contributed by atoms with Crippen LogP contribution < -0.4 is 0 Å². The van der Waals surface area contributed by atoms with Crippen molar-refractivity contribution < 1.29 is 34.0 Å². The third-order valence-electron chi connectivity index (χ3n) is 3.13. The normalized spacial score (nSPS) is 19.3. The van der Waals surface area contributed by atoms with Crippen molar-refractivity contribution >= 4 is 6.03 Å². The van der Waals surface area contributed by atoms with Crippen LogP contribution in [0.4, 0.5) is 4.79 Å². The van der Waals surface area contributed by atoms with Gasteiger partial charge in [-0.3, -0.25) is 9.80 Å². The Morgan fingerprint density at radius 3 is 1.40 bits per heavy atom. The molecule has 1 aliphatic rings. The lowest BCUT2D eigenvalue weighted by Crippen LogP contribution is -2.51. The van der Waals surface area contributed by atoms with Crippen molar-refractivity contribution in [1.29, 1.82) is 0 Å². The average Bonchev–Trinajstić information content (AvgIpc) is 2.83. The molecule has 9 nitrogen and oxygen atoms in total. The highest BCUT2D eigenvalue weighted by atomic mass is 16.7. The molecule has 118 valence electrons. The minimum Gasteiger partial charge on any atom is -0.369 e. The van der Waals surface area contributed by atoms with Crippen LogP contribution in [0.15, 0.2) is 0 Å². The van der Waals surface area contributed by atoms with E-state index < -0.39 is 31.1 Å². The Bertz CT molecular complexity index is 281. The van der Waals surface area contributed by atoms with Gasteiger partial charge >= 0.3 is 6.03 Å². The van der Waals surface area contributed by atoms with Crippen molar-refractivity contribution in [2.24, 2.45) is 0 Å². The molecule has 0 saturated carbocycles. The van der Waals surface area contributed by atoms with Crippen molar-refractivity contribution in [1.82, 2.24) is 9.80 Å². The second-order valence-corrected chi connectivity index (χ2v) is 4.18. The molecule has 1 saturated heterocycles. The highest BCUT2D eigenvalue weighted by Crippen LogP contribution is 2.19. The van der Waals surface area contributed by atoms with Crippen molar-refractivity contribution in [2.45, 2.75) is 25.0 Å². The number of nitrogens with zero attached hydrogens (tertiary/aromatic N) is 2. The van der Waals surface area contributed by atoms with Gasteiger partial charge in [-0.15, -0.1) is 0 Å². The predicted molar refractivity (Wildman–Crippen MR) is 66.4 cm³/mol. The van der Waals surface area contributed by atoms with Gasteiger partial charge in [-0.1, -0.05) is 0 Å². The van der Waals surface area contributed by atoms with E-state index in [-0.39, 0.29) is 13.1 Å². The average molecular weight is 294 g/mol. The highest BCUT2D eigenvalue weighted by molar-refractivity contribution is 5.77. The fourth-order valence-electron chi connectivity index (χ4n) is 2.04. The Kier molecular flexibility index (Phi) is 6.59. The van der Waals surface area contributed by atoms with Gasteiger partial charge in [0.2, 0.25) is 12.6 Å². The van der Waals surface area contributed by atoms with Gasteiger partial charge < -0.3 is 29.2 Å². The van der Waals surface area contributed by atoms with Gasteiger partial charge in [0.1, 0.15) is 0 Å².